The first-order chi connectivity index (χ1) is 6.16. The molecule has 1 atom stereocenters. The van der Waals surface area contributed by atoms with E-state index in [1.807, 2.05) is 6.07 Å². The van der Waals surface area contributed by atoms with Gasteiger partial charge in [0, 0.05) is 12.3 Å². The van der Waals surface area contributed by atoms with Gasteiger partial charge in [-0.1, -0.05) is 0 Å². The molecule has 0 aliphatic heterocycles. The summed E-state index contributed by atoms with van der Waals surface area (Å²) < 4.78 is 0. The van der Waals surface area contributed by atoms with Crippen LogP contribution in [-0.4, -0.2) is 9.91 Å². The topological polar surface area (TPSA) is 79.8 Å². The van der Waals surface area contributed by atoms with Gasteiger partial charge in [-0.15, -0.1) is 0 Å². The van der Waals surface area contributed by atoms with Crippen molar-refractivity contribution in [1.29, 1.82) is 5.26 Å². The highest BCUT2D eigenvalue weighted by atomic mass is 16.6. The molecule has 0 spiro atoms. The molecule has 1 aromatic rings. The molecule has 66 valence electrons. The molecule has 1 rings (SSSR count). The van der Waals surface area contributed by atoms with E-state index in [1.54, 1.807) is 6.92 Å². The standard InChI is InChI=1S/C8H7N3O2/c1-6(5-9)8-7(11(12)13)3-2-4-10-8/h2-4,6H,1H3/t6-/m0/s1. The Labute approximate surface area is 74.8 Å². The third-order valence-corrected chi connectivity index (χ3v) is 1.62. The van der Waals surface area contributed by atoms with E-state index in [0.29, 0.717) is 0 Å². The fourth-order valence-electron chi connectivity index (χ4n) is 0.958. The Morgan fingerprint density at radius 2 is 2.46 bits per heavy atom. The summed E-state index contributed by atoms with van der Waals surface area (Å²) in [5.74, 6) is -0.554. The molecular weight excluding hydrogens is 170 g/mol. The summed E-state index contributed by atoms with van der Waals surface area (Å²) in [5, 5.41) is 19.1. The second-order valence-corrected chi connectivity index (χ2v) is 2.52. The highest BCUT2D eigenvalue weighted by molar-refractivity contribution is 5.38. The Morgan fingerprint density at radius 1 is 1.77 bits per heavy atom. The Kier molecular flexibility index (Phi) is 2.55. The van der Waals surface area contributed by atoms with Crippen molar-refractivity contribution < 1.29 is 4.92 Å². The van der Waals surface area contributed by atoms with Gasteiger partial charge in [-0.3, -0.25) is 15.1 Å². The number of pyridine rings is 1. The summed E-state index contributed by atoms with van der Waals surface area (Å²) in [5.41, 5.74) is 0.117. The van der Waals surface area contributed by atoms with Crippen molar-refractivity contribution in [2.75, 3.05) is 0 Å². The largest absolute Gasteiger partial charge is 0.292 e. The average Bonchev–Trinajstić information content (AvgIpc) is 2.16. The number of nitriles is 1. The van der Waals surface area contributed by atoms with Gasteiger partial charge < -0.3 is 0 Å². The highest BCUT2D eigenvalue weighted by Crippen LogP contribution is 2.22. The van der Waals surface area contributed by atoms with Gasteiger partial charge in [0.15, 0.2) is 0 Å². The maximum atomic E-state index is 10.5. The Bertz CT molecular complexity index is 370. The molecule has 0 unspecified atom stereocenters. The van der Waals surface area contributed by atoms with Crippen LogP contribution in [0.15, 0.2) is 18.3 Å². The Morgan fingerprint density at radius 3 is 3.00 bits per heavy atom. The molecule has 0 aliphatic rings. The summed E-state index contributed by atoms with van der Waals surface area (Å²) >= 11 is 0. The van der Waals surface area contributed by atoms with E-state index in [2.05, 4.69) is 4.98 Å². The minimum absolute atomic E-state index is 0.100. The molecule has 0 saturated carbocycles. The molecule has 0 fully saturated rings. The van der Waals surface area contributed by atoms with Crippen LogP contribution < -0.4 is 0 Å². The van der Waals surface area contributed by atoms with Gasteiger partial charge in [0.05, 0.1) is 16.9 Å². The lowest BCUT2D eigenvalue weighted by Gasteiger charge is -2.01. The minimum Gasteiger partial charge on any atom is -0.258 e. The van der Waals surface area contributed by atoms with Crippen LogP contribution in [-0.2, 0) is 0 Å². The molecule has 0 N–H and O–H groups in total. The van der Waals surface area contributed by atoms with E-state index >= 15 is 0 Å². The third-order valence-electron chi connectivity index (χ3n) is 1.62. The van der Waals surface area contributed by atoms with Crippen molar-refractivity contribution in [2.24, 2.45) is 0 Å². The van der Waals surface area contributed by atoms with Crippen LogP contribution >= 0.6 is 0 Å². The maximum Gasteiger partial charge on any atom is 0.292 e. The first-order valence-corrected chi connectivity index (χ1v) is 3.65. The van der Waals surface area contributed by atoms with Crippen molar-refractivity contribution in [3.05, 3.63) is 34.1 Å². The fourth-order valence-corrected chi connectivity index (χ4v) is 0.958. The number of aromatic nitrogens is 1. The lowest BCUT2D eigenvalue weighted by Crippen LogP contribution is -2.00. The summed E-state index contributed by atoms with van der Waals surface area (Å²) in [7, 11) is 0. The zero-order valence-electron chi connectivity index (χ0n) is 6.97. The van der Waals surface area contributed by atoms with Crippen LogP contribution in [0.25, 0.3) is 0 Å². The highest BCUT2D eigenvalue weighted by Gasteiger charge is 2.18. The number of rotatable bonds is 2. The van der Waals surface area contributed by atoms with E-state index in [-0.39, 0.29) is 11.4 Å². The molecule has 1 aromatic heterocycles. The van der Waals surface area contributed by atoms with Crippen molar-refractivity contribution in [3.63, 3.8) is 0 Å². The van der Waals surface area contributed by atoms with Gasteiger partial charge in [0.2, 0.25) is 0 Å². The van der Waals surface area contributed by atoms with Gasteiger partial charge in [-0.05, 0) is 13.0 Å². The molecule has 0 amide bonds. The maximum absolute atomic E-state index is 10.5. The first-order valence-electron chi connectivity index (χ1n) is 3.65. The van der Waals surface area contributed by atoms with Crippen molar-refractivity contribution in [2.45, 2.75) is 12.8 Å². The number of hydrogen-bond donors (Lipinski definition) is 0. The Balaban J connectivity index is 3.21. The van der Waals surface area contributed by atoms with E-state index in [0.717, 1.165) is 0 Å². The lowest BCUT2D eigenvalue weighted by atomic mass is 10.1. The molecule has 0 bridgehead atoms. The van der Waals surface area contributed by atoms with Crippen LogP contribution in [0.2, 0.25) is 0 Å². The van der Waals surface area contributed by atoms with Crippen molar-refractivity contribution in [1.82, 2.24) is 4.98 Å². The van der Waals surface area contributed by atoms with Crippen LogP contribution in [0.5, 0.6) is 0 Å². The first kappa shape index (κ1) is 9.13. The van der Waals surface area contributed by atoms with E-state index in [9.17, 15) is 10.1 Å². The molecule has 0 radical (unpaired) electrons. The van der Waals surface area contributed by atoms with E-state index in [4.69, 9.17) is 5.26 Å². The van der Waals surface area contributed by atoms with Crippen LogP contribution in [0.4, 0.5) is 5.69 Å². The SMILES string of the molecule is C[C@@H](C#N)c1ncccc1[N+](=O)[O-]. The third kappa shape index (κ3) is 1.79. The number of nitrogens with zero attached hydrogens (tertiary/aromatic N) is 3. The molecule has 0 aliphatic carbocycles. The van der Waals surface area contributed by atoms with Gasteiger partial charge in [0.25, 0.3) is 5.69 Å². The van der Waals surface area contributed by atoms with Gasteiger partial charge in [-0.2, -0.15) is 5.26 Å². The van der Waals surface area contributed by atoms with Crippen molar-refractivity contribution >= 4 is 5.69 Å². The van der Waals surface area contributed by atoms with Gasteiger partial charge >= 0.3 is 0 Å². The second-order valence-electron chi connectivity index (χ2n) is 2.52. The van der Waals surface area contributed by atoms with Gasteiger partial charge in [0.1, 0.15) is 5.69 Å². The molecular formula is C8H7N3O2. The average molecular weight is 177 g/mol. The van der Waals surface area contributed by atoms with Crippen LogP contribution in [0, 0.1) is 21.4 Å². The van der Waals surface area contributed by atoms with Crippen molar-refractivity contribution in [3.8, 4) is 6.07 Å². The quantitative estimate of drug-likeness (QED) is 0.507. The van der Waals surface area contributed by atoms with Gasteiger partial charge in [-0.25, -0.2) is 0 Å². The number of hydrogen-bond acceptors (Lipinski definition) is 4. The molecule has 1 heterocycles. The molecule has 5 nitrogen and oxygen atoms in total. The number of nitro groups is 1. The van der Waals surface area contributed by atoms with Crippen LogP contribution in [0.3, 0.4) is 0 Å². The summed E-state index contributed by atoms with van der Waals surface area (Å²) in [6.07, 6.45) is 1.44. The molecule has 0 saturated heterocycles. The molecule has 13 heavy (non-hydrogen) atoms. The molecule has 0 aromatic carbocycles. The zero-order valence-corrected chi connectivity index (χ0v) is 6.97. The summed E-state index contributed by atoms with van der Waals surface area (Å²) in [4.78, 5) is 13.8. The van der Waals surface area contributed by atoms with E-state index < -0.39 is 10.8 Å². The normalized spacial score (nSPS) is 11.7. The van der Waals surface area contributed by atoms with E-state index in [1.165, 1.54) is 18.3 Å². The lowest BCUT2D eigenvalue weighted by molar-refractivity contribution is -0.386. The smallest absolute Gasteiger partial charge is 0.258 e. The zero-order chi connectivity index (χ0) is 9.84. The summed E-state index contributed by atoms with van der Waals surface area (Å²) in [6, 6.07) is 4.73. The predicted molar refractivity (Wildman–Crippen MR) is 44.9 cm³/mol. The Hall–Kier alpha value is -1.96. The predicted octanol–water partition coefficient (Wildman–Crippen LogP) is 1.62. The second kappa shape index (κ2) is 3.63. The summed E-state index contributed by atoms with van der Waals surface area (Å²) in [6.45, 7) is 1.58. The minimum atomic E-state index is -0.554. The fraction of sp³-hybridized carbons (Fsp3) is 0.250. The monoisotopic (exact) mass is 177 g/mol. The van der Waals surface area contributed by atoms with Crippen LogP contribution in [0.1, 0.15) is 18.5 Å². The molecule has 5 heteroatoms.